The predicted molar refractivity (Wildman–Crippen MR) is 88.3 cm³/mol. The van der Waals surface area contributed by atoms with E-state index in [1.807, 2.05) is 0 Å². The standard InChI is InChI=1S/C16H10ClF4NO3S/c17-11-3-1-2-10(8-11)6-7-26(24,25)22-15(23)13-5-4-12(18)9-14(13)16(19,20)21/h1-9H,(H,22,23)/b7-6+. The number of amides is 1. The van der Waals surface area contributed by atoms with Gasteiger partial charge >= 0.3 is 6.18 Å². The average molecular weight is 408 g/mol. The summed E-state index contributed by atoms with van der Waals surface area (Å²) in [7, 11) is -4.40. The molecule has 2 aromatic rings. The molecule has 0 radical (unpaired) electrons. The topological polar surface area (TPSA) is 63.2 Å². The molecular weight excluding hydrogens is 398 g/mol. The second kappa shape index (κ2) is 7.46. The minimum absolute atomic E-state index is 0.114. The Morgan fingerprint density at radius 3 is 2.42 bits per heavy atom. The number of sulfonamides is 1. The van der Waals surface area contributed by atoms with Crippen molar-refractivity contribution in [3.8, 4) is 0 Å². The minimum atomic E-state index is -5.03. The number of carbonyl (C=O) groups excluding carboxylic acids is 1. The third kappa shape index (κ3) is 5.30. The normalized spacial score (nSPS) is 12.3. The third-order valence-electron chi connectivity index (χ3n) is 3.05. The van der Waals surface area contributed by atoms with Crippen LogP contribution in [0.2, 0.25) is 5.02 Å². The highest BCUT2D eigenvalue weighted by molar-refractivity contribution is 7.93. The summed E-state index contributed by atoms with van der Waals surface area (Å²) in [5.41, 5.74) is -2.20. The number of carbonyl (C=O) groups is 1. The van der Waals surface area contributed by atoms with Crippen LogP contribution < -0.4 is 4.72 Å². The molecule has 2 aromatic carbocycles. The SMILES string of the molecule is O=C(NS(=O)(=O)/C=C/c1cccc(Cl)c1)c1ccc(F)cc1C(F)(F)F. The highest BCUT2D eigenvalue weighted by atomic mass is 35.5. The number of hydrogen-bond acceptors (Lipinski definition) is 3. The fraction of sp³-hybridized carbons (Fsp3) is 0.0625. The Bertz CT molecular complexity index is 972. The first-order chi connectivity index (χ1) is 12.0. The summed E-state index contributed by atoms with van der Waals surface area (Å²) in [4.78, 5) is 11.9. The quantitative estimate of drug-likeness (QED) is 0.771. The molecule has 26 heavy (non-hydrogen) atoms. The maximum Gasteiger partial charge on any atom is 0.417 e. The first kappa shape index (κ1) is 19.9. The van der Waals surface area contributed by atoms with Gasteiger partial charge in [-0.15, -0.1) is 0 Å². The molecule has 0 aromatic heterocycles. The molecule has 0 fully saturated rings. The molecule has 0 spiro atoms. The lowest BCUT2D eigenvalue weighted by molar-refractivity contribution is -0.138. The summed E-state index contributed by atoms with van der Waals surface area (Å²) in [6, 6.07) is 7.38. The van der Waals surface area contributed by atoms with E-state index in [4.69, 9.17) is 11.6 Å². The first-order valence-corrected chi connectivity index (χ1v) is 8.78. The summed E-state index contributed by atoms with van der Waals surface area (Å²) in [5, 5.41) is 0.947. The maximum atomic E-state index is 13.0. The first-order valence-electron chi connectivity index (χ1n) is 6.85. The van der Waals surface area contributed by atoms with E-state index in [0.717, 1.165) is 6.08 Å². The summed E-state index contributed by atoms with van der Waals surface area (Å²) in [5.74, 6) is -2.74. The molecule has 0 saturated heterocycles. The monoisotopic (exact) mass is 407 g/mol. The van der Waals surface area contributed by atoms with Gasteiger partial charge < -0.3 is 0 Å². The number of halogens is 5. The lowest BCUT2D eigenvalue weighted by Crippen LogP contribution is -2.30. The van der Waals surface area contributed by atoms with Crippen molar-refractivity contribution < 1.29 is 30.8 Å². The molecule has 4 nitrogen and oxygen atoms in total. The third-order valence-corrected chi connectivity index (χ3v) is 4.25. The number of hydrogen-bond donors (Lipinski definition) is 1. The molecule has 0 atom stereocenters. The Balaban J connectivity index is 2.26. The van der Waals surface area contributed by atoms with Crippen LogP contribution in [0.1, 0.15) is 21.5 Å². The number of rotatable bonds is 4. The molecule has 0 aliphatic rings. The van der Waals surface area contributed by atoms with Crippen LogP contribution in [0.15, 0.2) is 47.9 Å². The van der Waals surface area contributed by atoms with Gasteiger partial charge in [0.15, 0.2) is 0 Å². The molecule has 1 amide bonds. The van der Waals surface area contributed by atoms with Gasteiger partial charge in [0.2, 0.25) is 0 Å². The van der Waals surface area contributed by atoms with Crippen LogP contribution >= 0.6 is 11.6 Å². The highest BCUT2D eigenvalue weighted by Crippen LogP contribution is 2.32. The zero-order chi connectivity index (χ0) is 19.5. The van der Waals surface area contributed by atoms with Gasteiger partial charge in [0.25, 0.3) is 15.9 Å². The van der Waals surface area contributed by atoms with Crippen molar-refractivity contribution in [2.75, 3.05) is 0 Å². The lowest BCUT2D eigenvalue weighted by atomic mass is 10.1. The molecule has 2 rings (SSSR count). The molecule has 0 aliphatic carbocycles. The Hall–Kier alpha value is -2.39. The largest absolute Gasteiger partial charge is 0.417 e. The van der Waals surface area contributed by atoms with Crippen LogP contribution in [0.3, 0.4) is 0 Å². The molecule has 0 aliphatic heterocycles. The highest BCUT2D eigenvalue weighted by Gasteiger charge is 2.36. The number of benzene rings is 2. The summed E-state index contributed by atoms with van der Waals surface area (Å²) in [6.45, 7) is 0. The molecule has 0 unspecified atom stereocenters. The van der Waals surface area contributed by atoms with Crippen molar-refractivity contribution in [3.63, 3.8) is 0 Å². The molecule has 1 N–H and O–H groups in total. The zero-order valence-electron chi connectivity index (χ0n) is 12.7. The molecule has 0 saturated carbocycles. The van der Waals surface area contributed by atoms with Crippen LogP contribution in [0.5, 0.6) is 0 Å². The van der Waals surface area contributed by atoms with Gasteiger partial charge in [0.1, 0.15) is 5.82 Å². The van der Waals surface area contributed by atoms with E-state index in [-0.39, 0.29) is 6.07 Å². The fourth-order valence-corrected chi connectivity index (χ4v) is 2.92. The van der Waals surface area contributed by atoms with E-state index in [2.05, 4.69) is 0 Å². The molecule has 138 valence electrons. The Labute approximate surface area is 151 Å². The number of alkyl halides is 3. The van der Waals surface area contributed by atoms with Crippen LogP contribution in [0.25, 0.3) is 6.08 Å². The Morgan fingerprint density at radius 2 is 1.81 bits per heavy atom. The van der Waals surface area contributed by atoms with Gasteiger partial charge in [-0.1, -0.05) is 23.7 Å². The van der Waals surface area contributed by atoms with E-state index in [1.54, 1.807) is 12.1 Å². The van der Waals surface area contributed by atoms with E-state index >= 15 is 0 Å². The van der Waals surface area contributed by atoms with Gasteiger partial charge in [-0.3, -0.25) is 4.79 Å². The summed E-state index contributed by atoms with van der Waals surface area (Å²) >= 11 is 5.74. The van der Waals surface area contributed by atoms with E-state index < -0.39 is 39.1 Å². The van der Waals surface area contributed by atoms with Crippen molar-refractivity contribution in [2.45, 2.75) is 6.18 Å². The second-order valence-corrected chi connectivity index (χ2v) is 7.02. The van der Waals surface area contributed by atoms with Crippen LogP contribution in [-0.4, -0.2) is 14.3 Å². The summed E-state index contributed by atoms with van der Waals surface area (Å²) in [6.07, 6.45) is -3.92. The minimum Gasteiger partial charge on any atom is -0.268 e. The van der Waals surface area contributed by atoms with Crippen molar-refractivity contribution >= 4 is 33.6 Å². The van der Waals surface area contributed by atoms with Crippen LogP contribution in [-0.2, 0) is 16.2 Å². The molecule has 0 heterocycles. The summed E-state index contributed by atoms with van der Waals surface area (Å²) < 4.78 is 77.0. The lowest BCUT2D eigenvalue weighted by Gasteiger charge is -2.12. The van der Waals surface area contributed by atoms with Crippen LogP contribution in [0, 0.1) is 5.82 Å². The van der Waals surface area contributed by atoms with Gasteiger partial charge in [-0.2, -0.15) is 13.2 Å². The molecular formula is C16H10ClF4NO3S. The Morgan fingerprint density at radius 1 is 1.12 bits per heavy atom. The Kier molecular flexibility index (Phi) is 5.72. The zero-order valence-corrected chi connectivity index (χ0v) is 14.3. The fourth-order valence-electron chi connectivity index (χ4n) is 1.95. The van der Waals surface area contributed by atoms with Crippen molar-refractivity contribution in [1.29, 1.82) is 0 Å². The smallest absolute Gasteiger partial charge is 0.268 e. The van der Waals surface area contributed by atoms with Crippen molar-refractivity contribution in [3.05, 3.63) is 75.4 Å². The van der Waals surface area contributed by atoms with Gasteiger partial charge in [-0.05, 0) is 42.0 Å². The van der Waals surface area contributed by atoms with Gasteiger partial charge in [0, 0.05) is 5.02 Å². The predicted octanol–water partition coefficient (Wildman–Crippen LogP) is 4.23. The van der Waals surface area contributed by atoms with E-state index in [9.17, 15) is 30.8 Å². The average Bonchev–Trinajstić information content (AvgIpc) is 2.52. The van der Waals surface area contributed by atoms with Crippen molar-refractivity contribution in [1.82, 2.24) is 4.72 Å². The second-order valence-electron chi connectivity index (χ2n) is 5.02. The maximum absolute atomic E-state index is 13.0. The van der Waals surface area contributed by atoms with Gasteiger partial charge in [0.05, 0.1) is 16.5 Å². The van der Waals surface area contributed by atoms with Crippen molar-refractivity contribution in [2.24, 2.45) is 0 Å². The number of nitrogens with one attached hydrogen (secondary N) is 1. The van der Waals surface area contributed by atoms with Gasteiger partial charge in [-0.25, -0.2) is 17.5 Å². The van der Waals surface area contributed by atoms with E-state index in [1.165, 1.54) is 16.9 Å². The van der Waals surface area contributed by atoms with Crippen LogP contribution in [0.4, 0.5) is 17.6 Å². The molecule has 10 heteroatoms. The molecule has 0 bridgehead atoms. The van der Waals surface area contributed by atoms with E-state index in [0.29, 0.717) is 28.1 Å².